The second-order valence-corrected chi connectivity index (χ2v) is 11.7. The number of benzene rings is 3. The standard InChI is InChI=1S/C27H20BrCl2N3O5S2/c1-14-3-6-17(19(29)9-14)25(35)32-33-26(36)23(40-27(33)39)11-15-4-8-21(22(10-15)37-2)38-13-24(34)31-16-5-7-18(28)20(30)12-16/h3-12H,13H2,1-2H3,(H,31,34)(H,32,35)/b23-11+. The van der Waals surface area contributed by atoms with Gasteiger partial charge in [-0.05, 0) is 94.7 Å². The third-order valence-corrected chi connectivity index (χ3v) is 8.27. The Balaban J connectivity index is 1.41. The second kappa shape index (κ2) is 13.0. The second-order valence-electron chi connectivity index (χ2n) is 8.32. The molecule has 2 N–H and O–H groups in total. The number of hydrogen-bond acceptors (Lipinski definition) is 7. The molecule has 1 fully saturated rings. The lowest BCUT2D eigenvalue weighted by molar-refractivity contribution is -0.123. The van der Waals surface area contributed by atoms with Crippen LogP contribution in [-0.4, -0.2) is 40.8 Å². The van der Waals surface area contributed by atoms with Crippen LogP contribution in [0.1, 0.15) is 21.5 Å². The van der Waals surface area contributed by atoms with Gasteiger partial charge in [-0.25, -0.2) is 0 Å². The number of amides is 3. The summed E-state index contributed by atoms with van der Waals surface area (Å²) in [6.07, 6.45) is 1.61. The van der Waals surface area contributed by atoms with Gasteiger partial charge >= 0.3 is 0 Å². The zero-order valence-corrected chi connectivity index (χ0v) is 25.7. The Morgan fingerprint density at radius 1 is 1.07 bits per heavy atom. The molecule has 206 valence electrons. The van der Waals surface area contributed by atoms with Gasteiger partial charge in [0.2, 0.25) is 0 Å². The third-order valence-electron chi connectivity index (χ3n) is 5.42. The first-order chi connectivity index (χ1) is 19.0. The maximum absolute atomic E-state index is 13.0. The number of halogens is 3. The predicted octanol–water partition coefficient (Wildman–Crippen LogP) is 6.64. The number of thioether (sulfide) groups is 1. The number of rotatable bonds is 8. The molecule has 1 aliphatic heterocycles. The molecule has 0 bridgehead atoms. The summed E-state index contributed by atoms with van der Waals surface area (Å²) >= 11 is 21.9. The van der Waals surface area contributed by atoms with E-state index in [1.54, 1.807) is 60.7 Å². The largest absolute Gasteiger partial charge is 0.493 e. The highest BCUT2D eigenvalue weighted by molar-refractivity contribution is 9.10. The third kappa shape index (κ3) is 7.15. The van der Waals surface area contributed by atoms with E-state index < -0.39 is 11.8 Å². The van der Waals surface area contributed by atoms with Gasteiger partial charge < -0.3 is 14.8 Å². The van der Waals surface area contributed by atoms with Gasteiger partial charge in [0.25, 0.3) is 17.7 Å². The maximum Gasteiger partial charge on any atom is 0.285 e. The predicted molar refractivity (Wildman–Crippen MR) is 165 cm³/mol. The van der Waals surface area contributed by atoms with Crippen LogP contribution in [0, 0.1) is 6.92 Å². The van der Waals surface area contributed by atoms with Gasteiger partial charge in [-0.3, -0.25) is 19.8 Å². The van der Waals surface area contributed by atoms with Gasteiger partial charge in [0.15, 0.2) is 22.4 Å². The van der Waals surface area contributed by atoms with E-state index in [0.29, 0.717) is 37.2 Å². The summed E-state index contributed by atoms with van der Waals surface area (Å²) in [5.41, 5.74) is 4.78. The number of anilines is 1. The highest BCUT2D eigenvalue weighted by Crippen LogP contribution is 2.34. The van der Waals surface area contributed by atoms with Crippen LogP contribution in [0.15, 0.2) is 64.0 Å². The van der Waals surface area contributed by atoms with E-state index in [4.69, 9.17) is 44.9 Å². The molecule has 0 atom stereocenters. The molecule has 0 aliphatic carbocycles. The molecule has 0 spiro atoms. The van der Waals surface area contributed by atoms with Gasteiger partial charge in [0.1, 0.15) is 0 Å². The van der Waals surface area contributed by atoms with Crippen molar-refractivity contribution in [1.29, 1.82) is 0 Å². The van der Waals surface area contributed by atoms with Crippen LogP contribution in [0.2, 0.25) is 10.0 Å². The average Bonchev–Trinajstić information content (AvgIpc) is 3.17. The number of hydrogen-bond donors (Lipinski definition) is 2. The van der Waals surface area contributed by atoms with Crippen LogP contribution in [0.5, 0.6) is 11.5 Å². The lowest BCUT2D eigenvalue weighted by Crippen LogP contribution is -2.44. The summed E-state index contributed by atoms with van der Waals surface area (Å²) in [6, 6.07) is 15.0. The van der Waals surface area contributed by atoms with E-state index in [0.717, 1.165) is 22.3 Å². The molecule has 3 amide bonds. The molecule has 8 nitrogen and oxygen atoms in total. The average molecular weight is 681 g/mol. The Labute approximate surface area is 258 Å². The fraction of sp³-hybridized carbons (Fsp3) is 0.111. The first-order valence-electron chi connectivity index (χ1n) is 11.5. The lowest BCUT2D eigenvalue weighted by Gasteiger charge is -2.16. The molecule has 0 unspecified atom stereocenters. The first-order valence-corrected chi connectivity index (χ1v) is 14.2. The summed E-state index contributed by atoms with van der Waals surface area (Å²) in [6.45, 7) is 1.58. The van der Waals surface area contributed by atoms with Crippen LogP contribution in [0.25, 0.3) is 6.08 Å². The molecule has 0 saturated carbocycles. The van der Waals surface area contributed by atoms with E-state index in [1.807, 2.05) is 6.92 Å². The lowest BCUT2D eigenvalue weighted by atomic mass is 10.1. The number of hydrazine groups is 1. The monoisotopic (exact) mass is 679 g/mol. The minimum absolute atomic E-state index is 0.165. The van der Waals surface area contributed by atoms with E-state index in [-0.39, 0.29) is 27.4 Å². The van der Waals surface area contributed by atoms with Crippen molar-refractivity contribution >= 4 is 96.9 Å². The van der Waals surface area contributed by atoms with Gasteiger partial charge in [-0.2, -0.15) is 5.01 Å². The highest BCUT2D eigenvalue weighted by atomic mass is 79.9. The summed E-state index contributed by atoms with van der Waals surface area (Å²) in [5, 5.41) is 4.45. The van der Waals surface area contributed by atoms with Crippen molar-refractivity contribution in [2.75, 3.05) is 19.0 Å². The molecule has 40 heavy (non-hydrogen) atoms. The Morgan fingerprint density at radius 2 is 1.85 bits per heavy atom. The number of carbonyl (C=O) groups excluding carboxylic acids is 3. The molecule has 0 radical (unpaired) electrons. The number of carbonyl (C=O) groups is 3. The molecule has 1 aliphatic rings. The minimum atomic E-state index is -0.557. The Morgan fingerprint density at radius 3 is 2.55 bits per heavy atom. The molecule has 13 heteroatoms. The Bertz CT molecular complexity index is 1570. The molecule has 3 aromatic rings. The molecular weight excluding hydrogens is 661 g/mol. The Hall–Kier alpha value is -3.09. The number of ether oxygens (including phenoxy) is 2. The summed E-state index contributed by atoms with van der Waals surface area (Å²) in [7, 11) is 1.46. The van der Waals surface area contributed by atoms with Crippen LogP contribution < -0.4 is 20.2 Å². The van der Waals surface area contributed by atoms with Crippen LogP contribution in [0.3, 0.4) is 0 Å². The minimum Gasteiger partial charge on any atom is -0.493 e. The normalized spacial score (nSPS) is 13.9. The highest BCUT2D eigenvalue weighted by Gasteiger charge is 2.34. The zero-order chi connectivity index (χ0) is 29.0. The van der Waals surface area contributed by atoms with E-state index in [9.17, 15) is 14.4 Å². The van der Waals surface area contributed by atoms with Crippen molar-refractivity contribution < 1.29 is 23.9 Å². The first kappa shape index (κ1) is 29.9. The van der Waals surface area contributed by atoms with Gasteiger partial charge in [0.05, 0.1) is 27.6 Å². The fourth-order valence-corrected chi connectivity index (χ4v) is 5.42. The van der Waals surface area contributed by atoms with Crippen LogP contribution in [0.4, 0.5) is 5.69 Å². The van der Waals surface area contributed by atoms with Crippen molar-refractivity contribution in [3.8, 4) is 11.5 Å². The zero-order valence-electron chi connectivity index (χ0n) is 20.9. The molecular formula is C27H20BrCl2N3O5S2. The van der Waals surface area contributed by atoms with Crippen molar-refractivity contribution in [3.05, 3.63) is 90.7 Å². The topological polar surface area (TPSA) is 97.0 Å². The molecule has 1 heterocycles. The fourth-order valence-electron chi connectivity index (χ4n) is 3.49. The molecule has 4 rings (SSSR count). The summed E-state index contributed by atoms with van der Waals surface area (Å²) < 4.78 is 11.9. The molecule has 0 aromatic heterocycles. The van der Waals surface area contributed by atoms with E-state index in [1.165, 1.54) is 7.11 Å². The number of methoxy groups -OCH3 is 1. The van der Waals surface area contributed by atoms with Crippen molar-refractivity contribution in [2.45, 2.75) is 6.92 Å². The van der Waals surface area contributed by atoms with Gasteiger partial charge in [-0.15, -0.1) is 0 Å². The SMILES string of the molecule is COc1cc(/C=C2/SC(=S)N(NC(=O)c3ccc(C)cc3Cl)C2=O)ccc1OCC(=O)Nc1ccc(Br)c(Cl)c1. The van der Waals surface area contributed by atoms with Crippen molar-refractivity contribution in [2.24, 2.45) is 0 Å². The Kier molecular flexibility index (Phi) is 9.75. The molecule has 1 saturated heterocycles. The quantitative estimate of drug-likeness (QED) is 0.204. The van der Waals surface area contributed by atoms with Crippen molar-refractivity contribution in [1.82, 2.24) is 10.4 Å². The summed E-state index contributed by atoms with van der Waals surface area (Å²) in [4.78, 5) is 38.3. The maximum atomic E-state index is 13.0. The van der Waals surface area contributed by atoms with Crippen LogP contribution in [-0.2, 0) is 9.59 Å². The number of aryl methyl sites for hydroxylation is 1. The van der Waals surface area contributed by atoms with E-state index >= 15 is 0 Å². The van der Waals surface area contributed by atoms with Crippen molar-refractivity contribution in [3.63, 3.8) is 0 Å². The van der Waals surface area contributed by atoms with Gasteiger partial charge in [0, 0.05) is 10.2 Å². The number of nitrogens with zero attached hydrogens (tertiary/aromatic N) is 1. The number of thiocarbonyl (C=S) groups is 1. The smallest absolute Gasteiger partial charge is 0.285 e. The van der Waals surface area contributed by atoms with E-state index in [2.05, 4.69) is 26.7 Å². The number of nitrogens with one attached hydrogen (secondary N) is 2. The van der Waals surface area contributed by atoms with Gasteiger partial charge in [-0.1, -0.05) is 47.1 Å². The summed E-state index contributed by atoms with van der Waals surface area (Å²) in [5.74, 6) is -0.750. The van der Waals surface area contributed by atoms with Crippen LogP contribution >= 0.6 is 63.1 Å². The molecule has 3 aromatic carbocycles.